The molecule has 0 fully saturated rings. The van der Waals surface area contributed by atoms with Crippen molar-refractivity contribution in [3.63, 3.8) is 0 Å². The van der Waals surface area contributed by atoms with E-state index in [0.29, 0.717) is 21.0 Å². The molecule has 3 rings (SSSR count). The molecule has 0 radical (unpaired) electrons. The number of anilines is 1. The number of halogens is 1. The van der Waals surface area contributed by atoms with E-state index in [-0.39, 0.29) is 5.91 Å². The molecule has 23 heavy (non-hydrogen) atoms. The molecule has 1 amide bonds. The molecule has 0 saturated heterocycles. The second-order valence-electron chi connectivity index (χ2n) is 5.28. The van der Waals surface area contributed by atoms with Crippen molar-refractivity contribution in [1.82, 2.24) is 4.98 Å². The van der Waals surface area contributed by atoms with Crippen LogP contribution in [0.5, 0.6) is 0 Å². The predicted octanol–water partition coefficient (Wildman–Crippen LogP) is 5.70. The Labute approximate surface area is 148 Å². The van der Waals surface area contributed by atoms with Gasteiger partial charge in [0.05, 0.1) is 10.2 Å². The number of aromatic nitrogens is 1. The van der Waals surface area contributed by atoms with Gasteiger partial charge in [-0.3, -0.25) is 10.1 Å². The molecule has 0 bridgehead atoms. The Balaban J connectivity index is 1.74. The Hall–Kier alpha value is -1.56. The fourth-order valence-corrected chi connectivity index (χ4v) is 4.05. The van der Waals surface area contributed by atoms with Gasteiger partial charge in [0, 0.05) is 20.7 Å². The average Bonchev–Trinajstić information content (AvgIpc) is 2.88. The number of thioether (sulfide) groups is 1. The molecule has 3 nitrogen and oxygen atoms in total. The summed E-state index contributed by atoms with van der Waals surface area (Å²) in [7, 11) is 0. The monoisotopic (exact) mass is 362 g/mol. The second-order valence-corrected chi connectivity index (χ2v) is 8.39. The van der Waals surface area contributed by atoms with E-state index in [1.54, 1.807) is 17.8 Å². The SMILES string of the molecule is CC(C)Sc1ccc(C(=O)Nc2nc3ccc(Cl)cc3s2)cc1. The van der Waals surface area contributed by atoms with Crippen molar-refractivity contribution in [3.05, 3.63) is 53.1 Å². The van der Waals surface area contributed by atoms with Crippen molar-refractivity contribution in [2.75, 3.05) is 5.32 Å². The molecule has 1 N–H and O–H groups in total. The number of nitrogens with one attached hydrogen (secondary N) is 1. The Morgan fingerprint density at radius 1 is 1.22 bits per heavy atom. The summed E-state index contributed by atoms with van der Waals surface area (Å²) in [6.07, 6.45) is 0. The van der Waals surface area contributed by atoms with Crippen LogP contribution in [0.1, 0.15) is 24.2 Å². The van der Waals surface area contributed by atoms with Gasteiger partial charge in [-0.1, -0.05) is 36.8 Å². The summed E-state index contributed by atoms with van der Waals surface area (Å²) < 4.78 is 0.955. The molecular formula is C17H15ClN2OS2. The highest BCUT2D eigenvalue weighted by atomic mass is 35.5. The van der Waals surface area contributed by atoms with Crippen LogP contribution < -0.4 is 5.32 Å². The van der Waals surface area contributed by atoms with E-state index in [1.165, 1.54) is 11.3 Å². The lowest BCUT2D eigenvalue weighted by atomic mass is 10.2. The topological polar surface area (TPSA) is 42.0 Å². The molecule has 2 aromatic carbocycles. The number of amides is 1. The van der Waals surface area contributed by atoms with E-state index in [2.05, 4.69) is 24.1 Å². The average molecular weight is 363 g/mol. The first-order valence-electron chi connectivity index (χ1n) is 7.15. The third-order valence-corrected chi connectivity index (χ3v) is 5.24. The third-order valence-electron chi connectivity index (χ3n) is 3.06. The second kappa shape index (κ2) is 6.91. The summed E-state index contributed by atoms with van der Waals surface area (Å²) in [5.74, 6) is -0.156. The van der Waals surface area contributed by atoms with Gasteiger partial charge in [0.1, 0.15) is 0 Å². The maximum absolute atomic E-state index is 12.3. The first kappa shape index (κ1) is 16.3. The number of nitrogens with zero attached hydrogens (tertiary/aromatic N) is 1. The van der Waals surface area contributed by atoms with Gasteiger partial charge in [-0.25, -0.2) is 4.98 Å². The number of thiazole rings is 1. The van der Waals surface area contributed by atoms with Crippen molar-refractivity contribution in [3.8, 4) is 0 Å². The highest BCUT2D eigenvalue weighted by Crippen LogP contribution is 2.29. The Kier molecular flexibility index (Phi) is 4.90. The lowest BCUT2D eigenvalue weighted by Gasteiger charge is -2.06. The Bertz CT molecular complexity index is 843. The minimum atomic E-state index is -0.156. The van der Waals surface area contributed by atoms with Gasteiger partial charge in [0.15, 0.2) is 5.13 Å². The molecule has 0 unspecified atom stereocenters. The molecule has 0 atom stereocenters. The molecule has 0 spiro atoms. The molecule has 0 saturated carbocycles. The summed E-state index contributed by atoms with van der Waals surface area (Å²) in [6.45, 7) is 4.29. The van der Waals surface area contributed by atoms with E-state index >= 15 is 0 Å². The highest BCUT2D eigenvalue weighted by molar-refractivity contribution is 7.99. The van der Waals surface area contributed by atoms with E-state index in [0.717, 1.165) is 15.1 Å². The van der Waals surface area contributed by atoms with Crippen molar-refractivity contribution in [2.24, 2.45) is 0 Å². The fourth-order valence-electron chi connectivity index (χ4n) is 2.08. The molecule has 1 heterocycles. The Morgan fingerprint density at radius 3 is 2.65 bits per heavy atom. The van der Waals surface area contributed by atoms with E-state index in [9.17, 15) is 4.79 Å². The van der Waals surface area contributed by atoms with Crippen LogP contribution in [0.3, 0.4) is 0 Å². The molecule has 0 aliphatic carbocycles. The number of hydrogen-bond acceptors (Lipinski definition) is 4. The van der Waals surface area contributed by atoms with Gasteiger partial charge in [-0.2, -0.15) is 0 Å². The number of carbonyl (C=O) groups excluding carboxylic acids is 1. The minimum absolute atomic E-state index is 0.156. The molecule has 3 aromatic rings. The standard InChI is InChI=1S/C17H15ClN2OS2/c1-10(2)22-13-6-3-11(4-7-13)16(21)20-17-19-14-8-5-12(18)9-15(14)23-17/h3-10H,1-2H3,(H,19,20,21). The number of benzene rings is 2. The molecule has 6 heteroatoms. The van der Waals surface area contributed by atoms with Crippen molar-refractivity contribution < 1.29 is 4.79 Å². The van der Waals surface area contributed by atoms with Gasteiger partial charge < -0.3 is 0 Å². The van der Waals surface area contributed by atoms with E-state index in [1.807, 2.05) is 36.4 Å². The van der Waals surface area contributed by atoms with Crippen LogP contribution in [0.25, 0.3) is 10.2 Å². The smallest absolute Gasteiger partial charge is 0.257 e. The predicted molar refractivity (Wildman–Crippen MR) is 100 cm³/mol. The van der Waals surface area contributed by atoms with Crippen LogP contribution in [0.4, 0.5) is 5.13 Å². The maximum Gasteiger partial charge on any atom is 0.257 e. The van der Waals surface area contributed by atoms with Crippen molar-refractivity contribution in [2.45, 2.75) is 24.0 Å². The normalized spacial score (nSPS) is 11.1. The van der Waals surface area contributed by atoms with Gasteiger partial charge in [-0.15, -0.1) is 11.8 Å². The van der Waals surface area contributed by atoms with Gasteiger partial charge >= 0.3 is 0 Å². The molecular weight excluding hydrogens is 348 g/mol. The van der Waals surface area contributed by atoms with Crippen molar-refractivity contribution in [1.29, 1.82) is 0 Å². The molecule has 1 aromatic heterocycles. The molecule has 0 aliphatic rings. The lowest BCUT2D eigenvalue weighted by molar-refractivity contribution is 0.102. The van der Waals surface area contributed by atoms with Gasteiger partial charge in [0.25, 0.3) is 5.91 Å². The minimum Gasteiger partial charge on any atom is -0.298 e. The number of hydrogen-bond donors (Lipinski definition) is 1. The molecule has 0 aliphatic heterocycles. The lowest BCUT2D eigenvalue weighted by Crippen LogP contribution is -2.11. The van der Waals surface area contributed by atoms with Crippen molar-refractivity contribution >= 4 is 56.0 Å². The van der Waals surface area contributed by atoms with Gasteiger partial charge in [0.2, 0.25) is 0 Å². The van der Waals surface area contributed by atoms with Crippen LogP contribution >= 0.6 is 34.7 Å². The summed E-state index contributed by atoms with van der Waals surface area (Å²) in [5.41, 5.74) is 1.45. The highest BCUT2D eigenvalue weighted by Gasteiger charge is 2.10. The maximum atomic E-state index is 12.3. The van der Waals surface area contributed by atoms with Crippen LogP contribution in [-0.2, 0) is 0 Å². The number of fused-ring (bicyclic) bond motifs is 1. The number of carbonyl (C=O) groups is 1. The summed E-state index contributed by atoms with van der Waals surface area (Å²) >= 11 is 9.16. The van der Waals surface area contributed by atoms with Crippen LogP contribution in [0.15, 0.2) is 47.4 Å². The first-order chi connectivity index (χ1) is 11.0. The zero-order chi connectivity index (χ0) is 16.4. The quantitative estimate of drug-likeness (QED) is 0.605. The van der Waals surface area contributed by atoms with Crippen LogP contribution in [0, 0.1) is 0 Å². The summed E-state index contributed by atoms with van der Waals surface area (Å²) in [5, 5.41) is 4.60. The van der Waals surface area contributed by atoms with E-state index < -0.39 is 0 Å². The molecule has 118 valence electrons. The third kappa shape index (κ3) is 4.05. The number of rotatable bonds is 4. The zero-order valence-corrected chi connectivity index (χ0v) is 15.1. The van der Waals surface area contributed by atoms with E-state index in [4.69, 9.17) is 11.6 Å². The van der Waals surface area contributed by atoms with Crippen LogP contribution in [0.2, 0.25) is 5.02 Å². The Morgan fingerprint density at radius 2 is 1.96 bits per heavy atom. The first-order valence-corrected chi connectivity index (χ1v) is 9.23. The fraction of sp³-hybridized carbons (Fsp3) is 0.176. The summed E-state index contributed by atoms with van der Waals surface area (Å²) in [6, 6.07) is 13.1. The van der Waals surface area contributed by atoms with Crippen LogP contribution in [-0.4, -0.2) is 16.1 Å². The van der Waals surface area contributed by atoms with Gasteiger partial charge in [-0.05, 0) is 42.5 Å². The zero-order valence-electron chi connectivity index (χ0n) is 12.7. The summed E-state index contributed by atoms with van der Waals surface area (Å²) in [4.78, 5) is 17.9. The largest absolute Gasteiger partial charge is 0.298 e.